The fourth-order valence-corrected chi connectivity index (χ4v) is 4.10. The zero-order valence-corrected chi connectivity index (χ0v) is 20.8. The molecule has 9 heteroatoms. The number of furan rings is 1. The number of benzene rings is 2. The molecule has 1 amide bonds. The van der Waals surface area contributed by atoms with Crippen molar-refractivity contribution in [3.8, 4) is 0 Å². The van der Waals surface area contributed by atoms with Crippen molar-refractivity contribution in [3.63, 3.8) is 0 Å². The first kappa shape index (κ1) is 25.0. The average molecular weight is 514 g/mol. The molecule has 7 nitrogen and oxygen atoms in total. The van der Waals surface area contributed by atoms with Gasteiger partial charge in [0.15, 0.2) is 0 Å². The van der Waals surface area contributed by atoms with E-state index in [-0.39, 0.29) is 12.1 Å². The van der Waals surface area contributed by atoms with Gasteiger partial charge in [-0.05, 0) is 48.5 Å². The first-order valence-corrected chi connectivity index (χ1v) is 11.7. The number of pyridine rings is 1. The third-order valence-electron chi connectivity index (χ3n) is 5.67. The van der Waals surface area contributed by atoms with Gasteiger partial charge in [-0.15, -0.1) is 0 Å². The molecular weight excluding hydrogens is 489 g/mol. The Morgan fingerprint density at radius 2 is 1.74 bits per heavy atom. The number of nitrogens with one attached hydrogen (secondary N) is 1. The summed E-state index contributed by atoms with van der Waals surface area (Å²) in [7, 11) is 3.57. The van der Waals surface area contributed by atoms with Crippen molar-refractivity contribution >= 4 is 40.2 Å². The lowest BCUT2D eigenvalue weighted by molar-refractivity contribution is 0.0949. The maximum absolute atomic E-state index is 13.1. The topological polar surface area (TPSA) is 87.7 Å². The molecule has 0 bridgehead atoms. The Morgan fingerprint density at radius 3 is 2.40 bits per heavy atom. The van der Waals surface area contributed by atoms with Crippen LogP contribution in [0.1, 0.15) is 33.3 Å². The minimum atomic E-state index is -0.705. The number of aliphatic hydroxyl groups excluding tert-OH is 1. The number of aliphatic hydroxyl groups is 1. The van der Waals surface area contributed by atoms with Crippen LogP contribution < -0.4 is 10.7 Å². The van der Waals surface area contributed by atoms with Crippen LogP contribution in [0.15, 0.2) is 70.0 Å². The van der Waals surface area contributed by atoms with Crippen LogP contribution in [0.3, 0.4) is 0 Å². The molecule has 0 fully saturated rings. The molecule has 182 valence electrons. The second-order valence-corrected chi connectivity index (χ2v) is 9.36. The van der Waals surface area contributed by atoms with Crippen molar-refractivity contribution in [1.29, 1.82) is 0 Å². The SMILES string of the molecule is CN(Cc1cc2c(=O)c(C(=O)NCc3ccc(Cl)cc3)cn(C)c2o1)CC(O)c1ccc(Cl)cc1. The van der Waals surface area contributed by atoms with Gasteiger partial charge in [-0.3, -0.25) is 14.5 Å². The highest BCUT2D eigenvalue weighted by atomic mass is 35.5. The molecule has 0 saturated carbocycles. The standard InChI is InChI=1S/C26H25Cl2N3O4/c1-30(15-23(32)17-5-9-19(28)10-6-17)13-20-11-21-24(33)22(14-31(2)26(21)35-20)25(34)29-12-16-3-7-18(27)8-4-16/h3-11,14,23,32H,12-13,15H2,1-2H3,(H,29,34). The summed E-state index contributed by atoms with van der Waals surface area (Å²) in [5, 5.41) is 14.8. The number of nitrogens with zero attached hydrogens (tertiary/aromatic N) is 2. The fourth-order valence-electron chi connectivity index (χ4n) is 3.85. The van der Waals surface area contributed by atoms with E-state index in [4.69, 9.17) is 27.6 Å². The molecule has 0 aliphatic rings. The summed E-state index contributed by atoms with van der Waals surface area (Å²) < 4.78 is 7.53. The number of hydrogen-bond acceptors (Lipinski definition) is 5. The van der Waals surface area contributed by atoms with Gasteiger partial charge in [0, 0.05) is 36.4 Å². The first-order chi connectivity index (χ1) is 16.7. The van der Waals surface area contributed by atoms with E-state index in [0.717, 1.165) is 11.1 Å². The number of halogens is 2. The van der Waals surface area contributed by atoms with Crippen LogP contribution in [-0.4, -0.2) is 34.1 Å². The lowest BCUT2D eigenvalue weighted by Crippen LogP contribution is -2.29. The second-order valence-electron chi connectivity index (χ2n) is 8.49. The highest BCUT2D eigenvalue weighted by Gasteiger charge is 2.19. The van der Waals surface area contributed by atoms with Gasteiger partial charge >= 0.3 is 0 Å². The predicted octanol–water partition coefficient (Wildman–Crippen LogP) is 4.53. The van der Waals surface area contributed by atoms with Crippen molar-refractivity contribution in [1.82, 2.24) is 14.8 Å². The smallest absolute Gasteiger partial charge is 0.257 e. The molecule has 0 saturated heterocycles. The van der Waals surface area contributed by atoms with E-state index >= 15 is 0 Å². The summed E-state index contributed by atoms with van der Waals surface area (Å²) in [6.07, 6.45) is 0.770. The third kappa shape index (κ3) is 5.94. The van der Waals surface area contributed by atoms with Crippen LogP contribution in [0.25, 0.3) is 11.1 Å². The average Bonchev–Trinajstić information content (AvgIpc) is 3.25. The van der Waals surface area contributed by atoms with E-state index in [1.54, 1.807) is 54.1 Å². The number of hydrogen-bond donors (Lipinski definition) is 2. The molecule has 2 aromatic heterocycles. The van der Waals surface area contributed by atoms with Crippen molar-refractivity contribution in [2.24, 2.45) is 7.05 Å². The highest BCUT2D eigenvalue weighted by Crippen LogP contribution is 2.21. The molecule has 2 aromatic carbocycles. The predicted molar refractivity (Wildman–Crippen MR) is 137 cm³/mol. The molecule has 2 N–H and O–H groups in total. The quantitative estimate of drug-likeness (QED) is 0.361. The van der Waals surface area contributed by atoms with E-state index in [9.17, 15) is 14.7 Å². The highest BCUT2D eigenvalue weighted by molar-refractivity contribution is 6.30. The Balaban J connectivity index is 1.47. The van der Waals surface area contributed by atoms with Crippen LogP contribution in [0, 0.1) is 0 Å². The van der Waals surface area contributed by atoms with E-state index in [2.05, 4.69) is 5.32 Å². The zero-order chi connectivity index (χ0) is 25.1. The van der Waals surface area contributed by atoms with Gasteiger partial charge in [-0.2, -0.15) is 0 Å². The van der Waals surface area contributed by atoms with Gasteiger partial charge < -0.3 is 19.4 Å². The Kier molecular flexibility index (Phi) is 7.62. The van der Waals surface area contributed by atoms with Crippen LogP contribution in [0.4, 0.5) is 0 Å². The molecule has 0 aliphatic carbocycles. The van der Waals surface area contributed by atoms with Crippen molar-refractivity contribution < 1.29 is 14.3 Å². The Labute approximate surface area is 212 Å². The number of amides is 1. The second kappa shape index (κ2) is 10.7. The summed E-state index contributed by atoms with van der Waals surface area (Å²) >= 11 is 11.8. The summed E-state index contributed by atoms with van der Waals surface area (Å²) in [5.74, 6) is 0.0885. The van der Waals surface area contributed by atoms with Gasteiger partial charge in [-0.1, -0.05) is 47.5 Å². The maximum atomic E-state index is 13.1. The number of aryl methyl sites for hydroxylation is 1. The first-order valence-electron chi connectivity index (χ1n) is 11.0. The van der Waals surface area contributed by atoms with Gasteiger partial charge in [0.2, 0.25) is 11.1 Å². The summed E-state index contributed by atoms with van der Waals surface area (Å²) in [6, 6.07) is 15.8. The Morgan fingerprint density at radius 1 is 1.11 bits per heavy atom. The fraction of sp³-hybridized carbons (Fsp3) is 0.231. The number of likely N-dealkylation sites (N-methyl/N-ethyl adjacent to an activating group) is 1. The van der Waals surface area contributed by atoms with Gasteiger partial charge in [-0.25, -0.2) is 0 Å². The monoisotopic (exact) mass is 513 g/mol. The lowest BCUT2D eigenvalue weighted by Gasteiger charge is -2.19. The molecule has 1 atom stereocenters. The third-order valence-corrected chi connectivity index (χ3v) is 6.18. The minimum Gasteiger partial charge on any atom is -0.443 e. The largest absolute Gasteiger partial charge is 0.443 e. The summed E-state index contributed by atoms with van der Waals surface area (Å²) in [6.45, 7) is 0.999. The number of fused-ring (bicyclic) bond motifs is 1. The normalized spacial score (nSPS) is 12.3. The van der Waals surface area contributed by atoms with E-state index < -0.39 is 17.4 Å². The van der Waals surface area contributed by atoms with Crippen LogP contribution in [0.2, 0.25) is 10.0 Å². The molecule has 35 heavy (non-hydrogen) atoms. The zero-order valence-electron chi connectivity index (χ0n) is 19.3. The maximum Gasteiger partial charge on any atom is 0.257 e. The molecule has 2 heterocycles. The van der Waals surface area contributed by atoms with E-state index in [0.29, 0.717) is 40.0 Å². The van der Waals surface area contributed by atoms with Crippen molar-refractivity contribution in [3.05, 3.63) is 104 Å². The molecule has 4 rings (SSSR count). The molecule has 0 spiro atoms. The minimum absolute atomic E-state index is 0.0350. The van der Waals surface area contributed by atoms with Gasteiger partial charge in [0.25, 0.3) is 5.91 Å². The number of aromatic nitrogens is 1. The molecule has 1 unspecified atom stereocenters. The lowest BCUT2D eigenvalue weighted by atomic mass is 10.1. The number of rotatable bonds is 8. The van der Waals surface area contributed by atoms with E-state index in [1.807, 2.05) is 24.1 Å². The molecule has 4 aromatic rings. The van der Waals surface area contributed by atoms with Gasteiger partial charge in [0.05, 0.1) is 18.0 Å². The van der Waals surface area contributed by atoms with Crippen LogP contribution in [0.5, 0.6) is 0 Å². The summed E-state index contributed by atoms with van der Waals surface area (Å²) in [5.41, 5.74) is 1.65. The van der Waals surface area contributed by atoms with E-state index in [1.165, 1.54) is 6.20 Å². The Bertz CT molecular complexity index is 1400. The number of carbonyl (C=O) groups is 1. The van der Waals surface area contributed by atoms with Crippen LogP contribution >= 0.6 is 23.2 Å². The van der Waals surface area contributed by atoms with Crippen LogP contribution in [-0.2, 0) is 20.1 Å². The van der Waals surface area contributed by atoms with Gasteiger partial charge in [0.1, 0.15) is 11.3 Å². The molecule has 0 aliphatic heterocycles. The summed E-state index contributed by atoms with van der Waals surface area (Å²) in [4.78, 5) is 27.7. The molecule has 0 radical (unpaired) electrons. The van der Waals surface area contributed by atoms with Crippen molar-refractivity contribution in [2.45, 2.75) is 19.2 Å². The number of carbonyl (C=O) groups excluding carboxylic acids is 1. The van der Waals surface area contributed by atoms with Crippen molar-refractivity contribution in [2.75, 3.05) is 13.6 Å². The molecular formula is C26H25Cl2N3O4. The Hall–Kier alpha value is -3.10.